The van der Waals surface area contributed by atoms with Crippen molar-refractivity contribution in [1.29, 1.82) is 0 Å². The Labute approximate surface area is 127 Å². The lowest BCUT2D eigenvalue weighted by Gasteiger charge is -2.26. The summed E-state index contributed by atoms with van der Waals surface area (Å²) < 4.78 is 10.6. The average molecular weight is 294 g/mol. The summed E-state index contributed by atoms with van der Waals surface area (Å²) in [5, 5.41) is 9.94. The maximum absolute atomic E-state index is 9.94. The predicted octanol–water partition coefficient (Wildman–Crippen LogP) is 1.20. The molecule has 1 aliphatic rings. The highest BCUT2D eigenvalue weighted by Gasteiger charge is 2.31. The van der Waals surface area contributed by atoms with E-state index in [2.05, 4.69) is 30.0 Å². The van der Waals surface area contributed by atoms with Gasteiger partial charge < -0.3 is 19.5 Å². The number of benzene rings is 1. The van der Waals surface area contributed by atoms with Crippen LogP contribution in [0.25, 0.3) is 0 Å². The van der Waals surface area contributed by atoms with Crippen molar-refractivity contribution in [2.24, 2.45) is 0 Å². The van der Waals surface area contributed by atoms with Gasteiger partial charge in [0.15, 0.2) is 11.5 Å². The summed E-state index contributed by atoms with van der Waals surface area (Å²) in [6.45, 7) is 2.51. The molecular formula is C16H26N2O3. The molecule has 0 bridgehead atoms. The number of likely N-dealkylation sites (N-methyl/N-ethyl adjacent to an activating group) is 1. The monoisotopic (exact) mass is 294 g/mol. The molecular weight excluding hydrogens is 268 g/mol. The molecule has 1 fully saturated rings. The van der Waals surface area contributed by atoms with Crippen molar-refractivity contribution in [1.82, 2.24) is 9.80 Å². The minimum absolute atomic E-state index is 0.227. The van der Waals surface area contributed by atoms with Crippen LogP contribution in [-0.2, 0) is 6.54 Å². The molecule has 1 N–H and O–H groups in total. The largest absolute Gasteiger partial charge is 0.493 e. The molecule has 2 rings (SSSR count). The molecule has 0 saturated carbocycles. The minimum atomic E-state index is -0.227. The van der Waals surface area contributed by atoms with Gasteiger partial charge in [-0.05, 0) is 38.2 Å². The molecule has 0 aromatic heterocycles. The van der Waals surface area contributed by atoms with Crippen LogP contribution in [0.3, 0.4) is 0 Å². The van der Waals surface area contributed by atoms with Crippen molar-refractivity contribution in [2.75, 3.05) is 41.4 Å². The van der Waals surface area contributed by atoms with Gasteiger partial charge in [0, 0.05) is 25.7 Å². The highest BCUT2D eigenvalue weighted by atomic mass is 16.5. The maximum Gasteiger partial charge on any atom is 0.161 e. The molecule has 0 aliphatic carbocycles. The number of rotatable bonds is 6. The minimum Gasteiger partial charge on any atom is -0.493 e. The molecule has 0 radical (unpaired) electrons. The smallest absolute Gasteiger partial charge is 0.161 e. The van der Waals surface area contributed by atoms with Crippen LogP contribution in [0.2, 0.25) is 0 Å². The van der Waals surface area contributed by atoms with E-state index in [1.54, 1.807) is 14.2 Å². The van der Waals surface area contributed by atoms with Crippen LogP contribution < -0.4 is 9.47 Å². The molecule has 5 nitrogen and oxygen atoms in total. The molecule has 118 valence electrons. The molecule has 0 amide bonds. The number of methoxy groups -OCH3 is 2. The van der Waals surface area contributed by atoms with Crippen LogP contribution in [0.4, 0.5) is 0 Å². The fourth-order valence-electron chi connectivity index (χ4n) is 2.98. The summed E-state index contributed by atoms with van der Waals surface area (Å²) in [5.41, 5.74) is 1.17. The zero-order valence-corrected chi connectivity index (χ0v) is 13.4. The van der Waals surface area contributed by atoms with Crippen LogP contribution in [0.1, 0.15) is 12.0 Å². The molecule has 1 heterocycles. The van der Waals surface area contributed by atoms with E-state index < -0.39 is 0 Å². The Morgan fingerprint density at radius 2 is 1.95 bits per heavy atom. The van der Waals surface area contributed by atoms with Gasteiger partial charge in [-0.3, -0.25) is 4.90 Å². The number of nitrogens with zero attached hydrogens (tertiary/aromatic N) is 2. The Hall–Kier alpha value is -1.30. The van der Waals surface area contributed by atoms with Gasteiger partial charge in [0.05, 0.1) is 20.3 Å². The number of aliphatic hydroxyl groups excluding tert-OH is 1. The van der Waals surface area contributed by atoms with E-state index >= 15 is 0 Å². The van der Waals surface area contributed by atoms with Gasteiger partial charge in [-0.1, -0.05) is 6.07 Å². The molecule has 2 unspecified atom stereocenters. The number of hydrogen-bond acceptors (Lipinski definition) is 5. The lowest BCUT2D eigenvalue weighted by molar-refractivity contribution is 0.169. The first kappa shape index (κ1) is 16.1. The third-order valence-electron chi connectivity index (χ3n) is 3.92. The first-order valence-electron chi connectivity index (χ1n) is 7.31. The SMILES string of the molecule is COc1ccc(CN2CC(O)CC2CN(C)C)cc1OC. The fraction of sp³-hybridized carbons (Fsp3) is 0.625. The van der Waals surface area contributed by atoms with Gasteiger partial charge >= 0.3 is 0 Å². The molecule has 1 aromatic rings. The first-order valence-corrected chi connectivity index (χ1v) is 7.31. The molecule has 5 heteroatoms. The van der Waals surface area contributed by atoms with E-state index in [1.165, 1.54) is 5.56 Å². The third kappa shape index (κ3) is 4.09. The molecule has 0 spiro atoms. The van der Waals surface area contributed by atoms with Crippen LogP contribution in [0.5, 0.6) is 11.5 Å². The van der Waals surface area contributed by atoms with Gasteiger partial charge in [0.25, 0.3) is 0 Å². The maximum atomic E-state index is 9.94. The standard InChI is InChI=1S/C16H26N2O3/c1-17(2)10-13-8-14(19)11-18(13)9-12-5-6-15(20-3)16(7-12)21-4/h5-7,13-14,19H,8-11H2,1-4H3. The average Bonchev–Trinajstić information content (AvgIpc) is 2.77. The van der Waals surface area contributed by atoms with Crippen molar-refractivity contribution in [3.8, 4) is 11.5 Å². The van der Waals surface area contributed by atoms with E-state index in [1.807, 2.05) is 12.1 Å². The predicted molar refractivity (Wildman–Crippen MR) is 82.9 cm³/mol. The second-order valence-electron chi connectivity index (χ2n) is 5.92. The highest BCUT2D eigenvalue weighted by Crippen LogP contribution is 2.29. The zero-order chi connectivity index (χ0) is 15.4. The first-order chi connectivity index (χ1) is 10.0. The van der Waals surface area contributed by atoms with Crippen molar-refractivity contribution >= 4 is 0 Å². The Morgan fingerprint density at radius 1 is 1.24 bits per heavy atom. The number of aliphatic hydroxyl groups is 1. The van der Waals surface area contributed by atoms with Gasteiger partial charge in [-0.25, -0.2) is 0 Å². The summed E-state index contributed by atoms with van der Waals surface area (Å²) in [7, 11) is 7.43. The number of hydrogen-bond donors (Lipinski definition) is 1. The number of ether oxygens (including phenoxy) is 2. The Bertz CT molecular complexity index is 465. The summed E-state index contributed by atoms with van der Waals surface area (Å²) in [4.78, 5) is 4.51. The molecule has 21 heavy (non-hydrogen) atoms. The number of likely N-dealkylation sites (tertiary alicyclic amines) is 1. The summed E-state index contributed by atoms with van der Waals surface area (Å²) >= 11 is 0. The topological polar surface area (TPSA) is 45.2 Å². The lowest BCUT2D eigenvalue weighted by Crippen LogP contribution is -2.37. The van der Waals surface area contributed by atoms with Crippen molar-refractivity contribution < 1.29 is 14.6 Å². The van der Waals surface area contributed by atoms with Crippen molar-refractivity contribution in [3.63, 3.8) is 0 Å². The number of β-amino-alcohol motifs (C(OH)–C–C–N with tert-alkyl or cyclic N) is 1. The molecule has 2 atom stereocenters. The van der Waals surface area contributed by atoms with E-state index in [4.69, 9.17) is 9.47 Å². The van der Waals surface area contributed by atoms with Gasteiger partial charge in [0.2, 0.25) is 0 Å². The fourth-order valence-corrected chi connectivity index (χ4v) is 2.98. The van der Waals surface area contributed by atoms with E-state index in [-0.39, 0.29) is 6.10 Å². The zero-order valence-electron chi connectivity index (χ0n) is 13.4. The quantitative estimate of drug-likeness (QED) is 0.854. The van der Waals surface area contributed by atoms with Gasteiger partial charge in [-0.2, -0.15) is 0 Å². The molecule has 1 aliphatic heterocycles. The van der Waals surface area contributed by atoms with Crippen molar-refractivity contribution in [3.05, 3.63) is 23.8 Å². The van der Waals surface area contributed by atoms with E-state index in [9.17, 15) is 5.11 Å². The highest BCUT2D eigenvalue weighted by molar-refractivity contribution is 5.42. The van der Waals surface area contributed by atoms with Gasteiger partial charge in [-0.15, -0.1) is 0 Å². The van der Waals surface area contributed by atoms with Gasteiger partial charge in [0.1, 0.15) is 0 Å². The van der Waals surface area contributed by atoms with Crippen molar-refractivity contribution in [2.45, 2.75) is 25.1 Å². The Kier molecular flexibility index (Phi) is 5.45. The molecule has 1 aromatic carbocycles. The second-order valence-corrected chi connectivity index (χ2v) is 5.92. The third-order valence-corrected chi connectivity index (χ3v) is 3.92. The normalized spacial score (nSPS) is 22.8. The van der Waals surface area contributed by atoms with E-state index in [0.29, 0.717) is 6.04 Å². The Balaban J connectivity index is 2.09. The second kappa shape index (κ2) is 7.11. The lowest BCUT2D eigenvalue weighted by atomic mass is 10.1. The van der Waals surface area contributed by atoms with Crippen LogP contribution >= 0.6 is 0 Å². The van der Waals surface area contributed by atoms with Crippen LogP contribution in [0, 0.1) is 0 Å². The molecule has 1 saturated heterocycles. The summed E-state index contributed by atoms with van der Waals surface area (Å²) in [5.74, 6) is 1.49. The van der Waals surface area contributed by atoms with E-state index in [0.717, 1.165) is 37.6 Å². The van der Waals surface area contributed by atoms with Crippen LogP contribution in [-0.4, -0.2) is 68.5 Å². The summed E-state index contributed by atoms with van der Waals surface area (Å²) in [6.07, 6.45) is 0.612. The Morgan fingerprint density at radius 3 is 2.57 bits per heavy atom. The summed E-state index contributed by atoms with van der Waals surface area (Å²) in [6, 6.07) is 6.39. The van der Waals surface area contributed by atoms with Crippen LogP contribution in [0.15, 0.2) is 18.2 Å².